The number of pyridine rings is 2. The Morgan fingerprint density at radius 1 is 1.16 bits per heavy atom. The molecule has 0 saturated heterocycles. The third kappa shape index (κ3) is 8.06. The summed E-state index contributed by atoms with van der Waals surface area (Å²) in [4.78, 5) is 23.2. The number of halogens is 3. The van der Waals surface area contributed by atoms with Gasteiger partial charge in [-0.15, -0.1) is 0 Å². The summed E-state index contributed by atoms with van der Waals surface area (Å²) < 4.78 is 39.0. The zero-order valence-electron chi connectivity index (χ0n) is 25.5. The second-order valence-electron chi connectivity index (χ2n) is 11.6. The van der Waals surface area contributed by atoms with Crippen LogP contribution in [0.5, 0.6) is 0 Å². The molecule has 1 amide bonds. The van der Waals surface area contributed by atoms with Crippen molar-refractivity contribution in [3.05, 3.63) is 71.6 Å². The van der Waals surface area contributed by atoms with Gasteiger partial charge in [-0.1, -0.05) is 43.5 Å². The Labute approximate surface area is 260 Å². The van der Waals surface area contributed by atoms with Gasteiger partial charge in [0.1, 0.15) is 17.3 Å². The van der Waals surface area contributed by atoms with Crippen molar-refractivity contribution in [2.45, 2.75) is 63.7 Å². The van der Waals surface area contributed by atoms with Crippen molar-refractivity contribution < 1.29 is 18.0 Å². The minimum atomic E-state index is -4.54. The first-order valence-corrected chi connectivity index (χ1v) is 15.3. The fourth-order valence-corrected chi connectivity index (χ4v) is 5.60. The van der Waals surface area contributed by atoms with Gasteiger partial charge in [0, 0.05) is 47.7 Å². The lowest BCUT2D eigenvalue weighted by Gasteiger charge is -2.26. The van der Waals surface area contributed by atoms with Crippen molar-refractivity contribution >= 4 is 34.5 Å². The fourth-order valence-electron chi connectivity index (χ4n) is 5.60. The van der Waals surface area contributed by atoms with E-state index in [1.807, 2.05) is 6.08 Å². The molecule has 1 atom stereocenters. The molecule has 1 fully saturated rings. The standard InChI is InChI=1S/C33H39F3N8O/c1-21(14-16-38-26-8-4-3-5-9-26)44(2)18-6-7-24-20-40-31(37)28-29(42-43-30(24)28)22-10-12-23(13-11-22)32(45)41-27-19-25(15-17-39-27)33(34,35)36/h6-7,10-13,15,17,19-21,26,38H,3-5,8-9,14,16,18H2,1-2H3,(H2,37,40)(H,42,43)(H,39,41,45)/b7-6+. The second-order valence-corrected chi connectivity index (χ2v) is 11.6. The normalized spacial score (nSPS) is 15.2. The smallest absolute Gasteiger partial charge is 0.383 e. The number of H-pyrrole nitrogens is 1. The first kappa shape index (κ1) is 32.1. The van der Waals surface area contributed by atoms with Crippen LogP contribution in [-0.4, -0.2) is 63.2 Å². The number of nitrogens with one attached hydrogen (secondary N) is 3. The molecule has 3 aromatic heterocycles. The topological polar surface area (TPSA) is 125 Å². The Bertz CT molecular complexity index is 1630. The maximum Gasteiger partial charge on any atom is 0.416 e. The van der Waals surface area contributed by atoms with Gasteiger partial charge in [0.2, 0.25) is 0 Å². The van der Waals surface area contributed by atoms with Gasteiger partial charge in [-0.05, 0) is 64.0 Å². The minimum Gasteiger partial charge on any atom is -0.383 e. The van der Waals surface area contributed by atoms with Crippen molar-refractivity contribution in [2.24, 2.45) is 0 Å². The van der Waals surface area contributed by atoms with Crippen LogP contribution in [-0.2, 0) is 6.18 Å². The molecule has 0 aliphatic heterocycles. The predicted molar refractivity (Wildman–Crippen MR) is 172 cm³/mol. The summed E-state index contributed by atoms with van der Waals surface area (Å²) in [7, 11) is 2.13. The molecule has 1 aliphatic rings. The van der Waals surface area contributed by atoms with Crippen LogP contribution >= 0.6 is 0 Å². The Morgan fingerprint density at radius 3 is 2.64 bits per heavy atom. The number of hydrogen-bond donors (Lipinski definition) is 4. The van der Waals surface area contributed by atoms with Crippen molar-refractivity contribution in [1.82, 2.24) is 30.4 Å². The lowest BCUT2D eigenvalue weighted by atomic mass is 9.95. The van der Waals surface area contributed by atoms with E-state index in [2.05, 4.69) is 55.7 Å². The van der Waals surface area contributed by atoms with Crippen LogP contribution in [0.1, 0.15) is 66.9 Å². The quantitative estimate of drug-likeness (QED) is 0.151. The molecule has 0 bridgehead atoms. The molecule has 5 N–H and O–H groups in total. The molecule has 1 aliphatic carbocycles. The Kier molecular flexibility index (Phi) is 10.1. The van der Waals surface area contributed by atoms with E-state index in [1.165, 1.54) is 32.1 Å². The van der Waals surface area contributed by atoms with E-state index in [4.69, 9.17) is 5.73 Å². The number of alkyl halides is 3. The molecular weight excluding hydrogens is 581 g/mol. The van der Waals surface area contributed by atoms with E-state index >= 15 is 0 Å². The van der Waals surface area contributed by atoms with Crippen LogP contribution in [0.15, 0.2) is 54.9 Å². The van der Waals surface area contributed by atoms with E-state index < -0.39 is 17.6 Å². The highest BCUT2D eigenvalue weighted by atomic mass is 19.4. The molecular formula is C33H39F3N8O. The zero-order chi connectivity index (χ0) is 32.0. The molecule has 0 spiro atoms. The van der Waals surface area contributed by atoms with Crippen LogP contribution < -0.4 is 16.4 Å². The third-order valence-corrected chi connectivity index (χ3v) is 8.45. The van der Waals surface area contributed by atoms with Gasteiger partial charge in [-0.3, -0.25) is 14.8 Å². The fraction of sp³-hybridized carbons (Fsp3) is 0.394. The van der Waals surface area contributed by atoms with Crippen LogP contribution in [0.25, 0.3) is 28.2 Å². The molecule has 3 heterocycles. The summed E-state index contributed by atoms with van der Waals surface area (Å²) in [5, 5.41) is 14.4. The number of rotatable bonds is 11. The lowest BCUT2D eigenvalue weighted by Crippen LogP contribution is -2.36. The monoisotopic (exact) mass is 620 g/mol. The lowest BCUT2D eigenvalue weighted by molar-refractivity contribution is -0.137. The van der Waals surface area contributed by atoms with Crippen LogP contribution in [0.3, 0.4) is 0 Å². The first-order chi connectivity index (χ1) is 21.6. The van der Waals surface area contributed by atoms with E-state index in [1.54, 1.807) is 30.5 Å². The number of aromatic amines is 1. The number of nitrogens with zero attached hydrogens (tertiary/aromatic N) is 4. The van der Waals surface area contributed by atoms with Crippen molar-refractivity contribution in [3.63, 3.8) is 0 Å². The number of aromatic nitrogens is 4. The van der Waals surface area contributed by atoms with E-state index in [0.29, 0.717) is 34.5 Å². The number of carbonyl (C=O) groups is 1. The summed E-state index contributed by atoms with van der Waals surface area (Å²) in [5.74, 6) is -0.461. The van der Waals surface area contributed by atoms with Gasteiger partial charge >= 0.3 is 6.18 Å². The Morgan fingerprint density at radius 2 is 1.91 bits per heavy atom. The molecule has 45 heavy (non-hydrogen) atoms. The highest BCUT2D eigenvalue weighted by Gasteiger charge is 2.31. The number of benzene rings is 1. The SMILES string of the molecule is CC(CCNC1CCCCC1)N(C)C/C=C/c1cnc(N)c2c(-c3ccc(C(=O)Nc4cc(C(F)(F)F)ccn4)cc3)n[nH]c12. The molecule has 1 saturated carbocycles. The molecule has 1 aromatic carbocycles. The van der Waals surface area contributed by atoms with Crippen LogP contribution in [0, 0.1) is 0 Å². The number of carbonyl (C=O) groups excluding carboxylic acids is 1. The number of nitrogens with two attached hydrogens (primary N) is 1. The Balaban J connectivity index is 1.22. The van der Waals surface area contributed by atoms with Gasteiger partial charge in [-0.2, -0.15) is 18.3 Å². The van der Waals surface area contributed by atoms with Crippen LogP contribution in [0.2, 0.25) is 0 Å². The van der Waals surface area contributed by atoms with E-state index in [-0.39, 0.29) is 11.4 Å². The highest BCUT2D eigenvalue weighted by Crippen LogP contribution is 2.32. The molecule has 1 unspecified atom stereocenters. The minimum absolute atomic E-state index is 0.191. The molecule has 12 heteroatoms. The van der Waals surface area contributed by atoms with Gasteiger partial charge in [0.25, 0.3) is 5.91 Å². The maximum absolute atomic E-state index is 13.0. The zero-order valence-corrected chi connectivity index (χ0v) is 25.5. The number of likely N-dealkylation sites (N-methyl/N-ethyl adjacent to an activating group) is 1. The van der Waals surface area contributed by atoms with Crippen molar-refractivity contribution in [1.29, 1.82) is 0 Å². The number of anilines is 2. The third-order valence-electron chi connectivity index (χ3n) is 8.45. The molecule has 5 rings (SSSR count). The number of fused-ring (bicyclic) bond motifs is 1. The second kappa shape index (κ2) is 14.2. The average molecular weight is 621 g/mol. The number of nitrogen functional groups attached to an aromatic ring is 1. The molecule has 9 nitrogen and oxygen atoms in total. The van der Waals surface area contributed by atoms with Gasteiger partial charge in [-0.25, -0.2) is 9.97 Å². The number of hydrogen-bond acceptors (Lipinski definition) is 7. The van der Waals surface area contributed by atoms with Crippen molar-refractivity contribution in [3.8, 4) is 11.3 Å². The Hall–Kier alpha value is -4.29. The summed E-state index contributed by atoms with van der Waals surface area (Å²) in [6, 6.07) is 9.26. The molecule has 238 valence electrons. The molecule has 4 aromatic rings. The van der Waals surface area contributed by atoms with E-state index in [9.17, 15) is 18.0 Å². The van der Waals surface area contributed by atoms with Crippen LogP contribution in [0.4, 0.5) is 24.8 Å². The van der Waals surface area contributed by atoms with Gasteiger partial charge in [0.15, 0.2) is 0 Å². The summed E-state index contributed by atoms with van der Waals surface area (Å²) in [6.45, 7) is 4.05. The summed E-state index contributed by atoms with van der Waals surface area (Å²) in [5.41, 5.74) is 8.49. The van der Waals surface area contributed by atoms with Gasteiger partial charge < -0.3 is 16.4 Å². The summed E-state index contributed by atoms with van der Waals surface area (Å²) >= 11 is 0. The van der Waals surface area contributed by atoms with Crippen molar-refractivity contribution in [2.75, 3.05) is 31.2 Å². The molecule has 0 radical (unpaired) electrons. The van der Waals surface area contributed by atoms with Gasteiger partial charge in [0.05, 0.1) is 16.5 Å². The number of amides is 1. The maximum atomic E-state index is 13.0. The average Bonchev–Trinajstić information content (AvgIpc) is 3.49. The van der Waals surface area contributed by atoms with E-state index in [0.717, 1.165) is 48.9 Å². The first-order valence-electron chi connectivity index (χ1n) is 15.3. The predicted octanol–water partition coefficient (Wildman–Crippen LogP) is 6.52. The summed E-state index contributed by atoms with van der Waals surface area (Å²) in [6.07, 6.45) is 9.98. The highest BCUT2D eigenvalue weighted by molar-refractivity contribution is 6.05. The largest absolute Gasteiger partial charge is 0.416 e.